The second-order valence-corrected chi connectivity index (χ2v) is 7.90. The highest BCUT2D eigenvalue weighted by atomic mass is 32.1. The predicted molar refractivity (Wildman–Crippen MR) is 111 cm³/mol. The van der Waals surface area contributed by atoms with E-state index in [2.05, 4.69) is 46.5 Å². The van der Waals surface area contributed by atoms with Crippen LogP contribution in [-0.4, -0.2) is 61.6 Å². The minimum atomic E-state index is -0.0600. The van der Waals surface area contributed by atoms with E-state index in [1.165, 1.54) is 4.88 Å². The average Bonchev–Trinajstić information content (AvgIpc) is 3.23. The fraction of sp³-hybridized carbons (Fsp3) is 0.476. The lowest BCUT2D eigenvalue weighted by Crippen LogP contribution is -2.52. The molecule has 1 N–H and O–H groups in total. The molecule has 1 saturated heterocycles. The molecule has 146 valence electrons. The van der Waals surface area contributed by atoms with Crippen molar-refractivity contribution in [3.05, 3.63) is 52.2 Å². The molecule has 3 rings (SSSR count). The lowest BCUT2D eigenvalue weighted by Gasteiger charge is -2.41. The van der Waals surface area contributed by atoms with Crippen LogP contribution in [0.2, 0.25) is 0 Å². The van der Waals surface area contributed by atoms with Crippen molar-refractivity contribution in [2.24, 2.45) is 0 Å². The van der Waals surface area contributed by atoms with E-state index in [0.717, 1.165) is 32.7 Å². The van der Waals surface area contributed by atoms with Gasteiger partial charge in [-0.2, -0.15) is 0 Å². The highest BCUT2D eigenvalue weighted by molar-refractivity contribution is 7.10. The fourth-order valence-corrected chi connectivity index (χ4v) is 4.66. The first-order valence-corrected chi connectivity index (χ1v) is 10.4. The number of likely N-dealkylation sites (N-methyl/N-ethyl adjacent to an activating group) is 1. The van der Waals surface area contributed by atoms with Crippen LogP contribution in [0.25, 0.3) is 0 Å². The Bertz CT molecular complexity index is 727. The van der Waals surface area contributed by atoms with Gasteiger partial charge in [-0.1, -0.05) is 19.1 Å². The number of thiophene rings is 1. The van der Waals surface area contributed by atoms with Gasteiger partial charge in [-0.3, -0.25) is 9.69 Å². The Morgan fingerprint density at radius 1 is 1.22 bits per heavy atom. The lowest BCUT2D eigenvalue weighted by atomic mass is 10.0. The molecule has 1 fully saturated rings. The van der Waals surface area contributed by atoms with Crippen LogP contribution in [-0.2, 0) is 0 Å². The van der Waals surface area contributed by atoms with E-state index >= 15 is 0 Å². The van der Waals surface area contributed by atoms with Crippen LogP contribution in [0, 0.1) is 0 Å². The number of hydrogen-bond donors (Lipinski definition) is 1. The number of rotatable bonds is 7. The van der Waals surface area contributed by atoms with Gasteiger partial charge in [0, 0.05) is 42.7 Å². The van der Waals surface area contributed by atoms with Crippen molar-refractivity contribution >= 4 is 17.2 Å². The van der Waals surface area contributed by atoms with E-state index in [4.69, 9.17) is 4.74 Å². The molecule has 1 aliphatic rings. The number of ether oxygens (including phenoxy) is 1. The highest BCUT2D eigenvalue weighted by Gasteiger charge is 2.30. The van der Waals surface area contributed by atoms with Gasteiger partial charge in [0.1, 0.15) is 5.75 Å². The van der Waals surface area contributed by atoms with Crippen LogP contribution in [0.1, 0.15) is 35.1 Å². The molecule has 1 aromatic heterocycles. The number of nitrogens with one attached hydrogen (secondary N) is 1. The van der Waals surface area contributed by atoms with Gasteiger partial charge in [0.05, 0.1) is 13.2 Å². The summed E-state index contributed by atoms with van der Waals surface area (Å²) < 4.78 is 5.24. The van der Waals surface area contributed by atoms with Gasteiger partial charge >= 0.3 is 0 Å². The fourth-order valence-electron chi connectivity index (χ4n) is 3.69. The molecule has 1 aromatic carbocycles. The minimum Gasteiger partial charge on any atom is -0.497 e. The van der Waals surface area contributed by atoms with Crippen LogP contribution < -0.4 is 10.1 Å². The van der Waals surface area contributed by atoms with Crippen molar-refractivity contribution in [3.63, 3.8) is 0 Å². The maximum Gasteiger partial charge on any atom is 0.251 e. The molecule has 0 saturated carbocycles. The third-order valence-electron chi connectivity index (χ3n) is 5.25. The molecule has 5 nitrogen and oxygen atoms in total. The molecule has 2 heterocycles. The Morgan fingerprint density at radius 3 is 2.63 bits per heavy atom. The molecule has 0 bridgehead atoms. The zero-order chi connectivity index (χ0) is 19.2. The first-order chi connectivity index (χ1) is 13.1. The highest BCUT2D eigenvalue weighted by Crippen LogP contribution is 2.29. The monoisotopic (exact) mass is 387 g/mol. The van der Waals surface area contributed by atoms with Crippen molar-refractivity contribution in [1.82, 2.24) is 15.1 Å². The maximum atomic E-state index is 12.8. The van der Waals surface area contributed by atoms with Gasteiger partial charge in [0.25, 0.3) is 5.91 Å². The summed E-state index contributed by atoms with van der Waals surface area (Å²) in [5, 5.41) is 5.33. The van der Waals surface area contributed by atoms with E-state index in [9.17, 15) is 4.79 Å². The molecule has 1 amide bonds. The first-order valence-electron chi connectivity index (χ1n) is 9.57. The second kappa shape index (κ2) is 9.35. The Hall–Kier alpha value is -1.89. The van der Waals surface area contributed by atoms with E-state index in [0.29, 0.717) is 11.3 Å². The summed E-state index contributed by atoms with van der Waals surface area (Å²) in [4.78, 5) is 19.1. The van der Waals surface area contributed by atoms with Gasteiger partial charge in [-0.05, 0) is 43.1 Å². The molecule has 0 aliphatic carbocycles. The molecular weight excluding hydrogens is 358 g/mol. The van der Waals surface area contributed by atoms with Crippen molar-refractivity contribution in [2.75, 3.05) is 39.8 Å². The van der Waals surface area contributed by atoms with Crippen LogP contribution >= 0.6 is 11.3 Å². The summed E-state index contributed by atoms with van der Waals surface area (Å²) in [6.07, 6.45) is 0. The zero-order valence-electron chi connectivity index (χ0n) is 16.4. The number of piperazine rings is 1. The number of carbonyl (C=O) groups is 1. The predicted octanol–water partition coefficient (Wildman–Crippen LogP) is 3.25. The lowest BCUT2D eigenvalue weighted by molar-refractivity contribution is 0.0753. The van der Waals surface area contributed by atoms with E-state index in [-0.39, 0.29) is 18.0 Å². The molecular formula is C21H29N3O2S. The van der Waals surface area contributed by atoms with E-state index in [1.807, 2.05) is 18.2 Å². The van der Waals surface area contributed by atoms with Crippen molar-refractivity contribution in [2.45, 2.75) is 25.9 Å². The molecule has 2 aromatic rings. The number of amides is 1. The number of carbonyl (C=O) groups excluding carboxylic acids is 1. The third kappa shape index (κ3) is 4.89. The third-order valence-corrected chi connectivity index (χ3v) is 6.19. The number of methoxy groups -OCH3 is 1. The molecule has 27 heavy (non-hydrogen) atoms. The zero-order valence-corrected chi connectivity index (χ0v) is 17.2. The number of benzene rings is 1. The van der Waals surface area contributed by atoms with E-state index < -0.39 is 0 Å². The topological polar surface area (TPSA) is 44.8 Å². The first kappa shape index (κ1) is 19.9. The molecule has 1 aliphatic heterocycles. The van der Waals surface area contributed by atoms with E-state index in [1.54, 1.807) is 24.5 Å². The van der Waals surface area contributed by atoms with Crippen molar-refractivity contribution in [3.8, 4) is 5.75 Å². The number of nitrogens with zero attached hydrogens (tertiary/aromatic N) is 2. The second-order valence-electron chi connectivity index (χ2n) is 6.92. The average molecular weight is 388 g/mol. The number of hydrogen-bond acceptors (Lipinski definition) is 5. The quantitative estimate of drug-likeness (QED) is 0.792. The Kier molecular flexibility index (Phi) is 6.88. The SMILES string of the molecule is CCN1CCN([C@H](c2cccs2)[C@H](C)NC(=O)c2cccc(OC)c2)CC1. The standard InChI is InChI=1S/C21H29N3O2S/c1-4-23-10-12-24(13-11-23)20(19-9-6-14-27-19)16(2)22-21(25)17-7-5-8-18(15-17)26-3/h5-9,14-16,20H,4,10-13H2,1-3H3,(H,22,25)/t16-,20-/m0/s1. The van der Waals surface area contributed by atoms with Gasteiger partial charge in [-0.15, -0.1) is 11.3 Å². The van der Waals surface area contributed by atoms with Crippen LogP contribution in [0.3, 0.4) is 0 Å². The summed E-state index contributed by atoms with van der Waals surface area (Å²) in [6.45, 7) is 9.62. The summed E-state index contributed by atoms with van der Waals surface area (Å²) in [5.74, 6) is 0.635. The normalized spacial score (nSPS) is 18.0. The summed E-state index contributed by atoms with van der Waals surface area (Å²) in [6, 6.07) is 11.8. The van der Waals surface area contributed by atoms with Gasteiger partial charge < -0.3 is 15.0 Å². The minimum absolute atomic E-state index is 0.00975. The maximum absolute atomic E-state index is 12.8. The smallest absolute Gasteiger partial charge is 0.251 e. The Balaban J connectivity index is 1.73. The van der Waals surface area contributed by atoms with Crippen LogP contribution in [0.15, 0.2) is 41.8 Å². The molecule has 2 atom stereocenters. The molecule has 0 unspecified atom stereocenters. The van der Waals surface area contributed by atoms with Gasteiger partial charge in [0.2, 0.25) is 0 Å². The molecule has 6 heteroatoms. The molecule has 0 radical (unpaired) electrons. The van der Waals surface area contributed by atoms with Gasteiger partial charge in [-0.25, -0.2) is 0 Å². The Morgan fingerprint density at radius 2 is 2.00 bits per heavy atom. The summed E-state index contributed by atoms with van der Waals surface area (Å²) in [5.41, 5.74) is 0.627. The van der Waals surface area contributed by atoms with Crippen molar-refractivity contribution < 1.29 is 9.53 Å². The summed E-state index contributed by atoms with van der Waals surface area (Å²) in [7, 11) is 1.61. The van der Waals surface area contributed by atoms with Crippen LogP contribution in [0.5, 0.6) is 5.75 Å². The van der Waals surface area contributed by atoms with Crippen LogP contribution in [0.4, 0.5) is 0 Å². The van der Waals surface area contributed by atoms with Gasteiger partial charge in [0.15, 0.2) is 0 Å². The van der Waals surface area contributed by atoms with Crippen molar-refractivity contribution in [1.29, 1.82) is 0 Å². The largest absolute Gasteiger partial charge is 0.497 e. The Labute approximate surface area is 165 Å². The molecule has 0 spiro atoms. The summed E-state index contributed by atoms with van der Waals surface area (Å²) >= 11 is 1.76.